The summed E-state index contributed by atoms with van der Waals surface area (Å²) in [6.07, 6.45) is 7.01. The number of nitrogens with one attached hydrogen (secondary N) is 1. The molecule has 0 amide bonds. The van der Waals surface area contributed by atoms with Gasteiger partial charge in [0.15, 0.2) is 0 Å². The minimum atomic E-state index is 0.423. The lowest BCUT2D eigenvalue weighted by Crippen LogP contribution is -1.99. The Labute approximate surface area is 172 Å². The molecule has 2 aromatic carbocycles. The summed E-state index contributed by atoms with van der Waals surface area (Å²) in [7, 11) is 0. The predicted octanol–water partition coefficient (Wildman–Crippen LogP) is 4.33. The van der Waals surface area contributed by atoms with Crippen LogP contribution in [0.15, 0.2) is 85.5 Å². The van der Waals surface area contributed by atoms with Gasteiger partial charge in [0.2, 0.25) is 17.8 Å². The Morgan fingerprint density at radius 2 is 1.77 bits per heavy atom. The summed E-state index contributed by atoms with van der Waals surface area (Å²) < 4.78 is 7.88. The van der Waals surface area contributed by atoms with Gasteiger partial charge >= 0.3 is 0 Å². The average Bonchev–Trinajstić information content (AvgIpc) is 3.18. The monoisotopic (exact) mass is 395 g/mol. The van der Waals surface area contributed by atoms with Gasteiger partial charge in [-0.15, -0.1) is 0 Å². The van der Waals surface area contributed by atoms with Gasteiger partial charge < -0.3 is 15.8 Å². The second kappa shape index (κ2) is 7.51. The Balaban J connectivity index is 1.38. The molecule has 0 bridgehead atoms. The highest BCUT2D eigenvalue weighted by Crippen LogP contribution is 2.27. The lowest BCUT2D eigenvalue weighted by Gasteiger charge is -2.09. The molecule has 0 aliphatic rings. The largest absolute Gasteiger partial charge is 0.439 e. The van der Waals surface area contributed by atoms with E-state index < -0.39 is 0 Å². The number of rotatable bonds is 5. The highest BCUT2D eigenvalue weighted by Gasteiger charge is 2.08. The van der Waals surface area contributed by atoms with Crippen LogP contribution in [-0.2, 0) is 0 Å². The van der Waals surface area contributed by atoms with Crippen LogP contribution in [0, 0.1) is 0 Å². The van der Waals surface area contributed by atoms with Crippen LogP contribution in [0.1, 0.15) is 0 Å². The van der Waals surface area contributed by atoms with E-state index >= 15 is 0 Å². The molecule has 5 rings (SSSR count). The maximum absolute atomic E-state index is 5.95. The molecule has 8 heteroatoms. The number of fused-ring (bicyclic) bond motifs is 1. The molecule has 0 unspecified atom stereocenters. The quantitative estimate of drug-likeness (QED) is 0.427. The van der Waals surface area contributed by atoms with Gasteiger partial charge in [-0.25, -0.2) is 15.0 Å². The fourth-order valence-corrected chi connectivity index (χ4v) is 3.10. The Morgan fingerprint density at radius 3 is 2.63 bits per heavy atom. The normalized spacial score (nSPS) is 10.8. The van der Waals surface area contributed by atoms with Gasteiger partial charge in [0, 0.05) is 47.6 Å². The molecule has 0 saturated heterocycles. The summed E-state index contributed by atoms with van der Waals surface area (Å²) in [5, 5.41) is 4.13. The first-order valence-electron chi connectivity index (χ1n) is 9.27. The number of aromatic nitrogens is 5. The summed E-state index contributed by atoms with van der Waals surface area (Å²) in [4.78, 5) is 17.2. The van der Waals surface area contributed by atoms with Gasteiger partial charge in [-0.3, -0.25) is 4.57 Å². The van der Waals surface area contributed by atoms with Gasteiger partial charge in [-0.05, 0) is 48.5 Å². The van der Waals surface area contributed by atoms with Crippen molar-refractivity contribution in [3.05, 3.63) is 85.5 Å². The molecular weight excluding hydrogens is 378 g/mol. The minimum Gasteiger partial charge on any atom is -0.439 e. The van der Waals surface area contributed by atoms with E-state index in [0.29, 0.717) is 29.2 Å². The van der Waals surface area contributed by atoms with Gasteiger partial charge in [0.05, 0.1) is 5.52 Å². The summed E-state index contributed by atoms with van der Waals surface area (Å²) in [6, 6.07) is 18.7. The zero-order valence-electron chi connectivity index (χ0n) is 15.8. The van der Waals surface area contributed by atoms with Crippen LogP contribution in [0.5, 0.6) is 11.6 Å². The summed E-state index contributed by atoms with van der Waals surface area (Å²) in [6.45, 7) is 0. The molecule has 3 N–H and O–H groups in total. The van der Waals surface area contributed by atoms with Gasteiger partial charge in [0.1, 0.15) is 5.75 Å². The van der Waals surface area contributed by atoms with E-state index in [1.807, 2.05) is 59.3 Å². The van der Waals surface area contributed by atoms with E-state index in [1.54, 1.807) is 30.7 Å². The summed E-state index contributed by atoms with van der Waals surface area (Å²) >= 11 is 0. The van der Waals surface area contributed by atoms with E-state index in [2.05, 4.69) is 25.3 Å². The first kappa shape index (κ1) is 17.6. The molecule has 30 heavy (non-hydrogen) atoms. The highest BCUT2D eigenvalue weighted by atomic mass is 16.5. The van der Waals surface area contributed by atoms with Crippen LogP contribution in [0.3, 0.4) is 0 Å². The number of hydrogen-bond acceptors (Lipinski definition) is 7. The van der Waals surface area contributed by atoms with E-state index in [4.69, 9.17) is 10.5 Å². The lowest BCUT2D eigenvalue weighted by atomic mass is 10.2. The maximum atomic E-state index is 5.95. The molecular formula is C22H17N7O. The number of ether oxygens (including phenoxy) is 1. The standard InChI is InChI=1S/C22H17N7O/c23-16-3-1-4-17(14-16)27-21-24-11-7-20(28-21)30-18-5-6-19-15(13-18)8-12-29(19)22-25-9-2-10-26-22/h1-14H,23H2,(H,24,27,28). The number of anilines is 3. The number of nitrogens with two attached hydrogens (primary N) is 1. The van der Waals surface area contributed by atoms with Gasteiger partial charge in [0.25, 0.3) is 0 Å². The summed E-state index contributed by atoms with van der Waals surface area (Å²) in [5.41, 5.74) is 8.26. The van der Waals surface area contributed by atoms with E-state index in [-0.39, 0.29) is 0 Å². The molecule has 5 aromatic rings. The third-order valence-electron chi connectivity index (χ3n) is 4.42. The lowest BCUT2D eigenvalue weighted by molar-refractivity contribution is 0.463. The van der Waals surface area contributed by atoms with Crippen molar-refractivity contribution in [1.82, 2.24) is 24.5 Å². The number of hydrogen-bond donors (Lipinski definition) is 2. The van der Waals surface area contributed by atoms with Crippen LogP contribution >= 0.6 is 0 Å². The van der Waals surface area contributed by atoms with Crippen molar-refractivity contribution in [3.63, 3.8) is 0 Å². The molecule has 146 valence electrons. The third-order valence-corrected chi connectivity index (χ3v) is 4.42. The smallest absolute Gasteiger partial charge is 0.234 e. The van der Waals surface area contributed by atoms with Crippen molar-refractivity contribution in [2.45, 2.75) is 0 Å². The Morgan fingerprint density at radius 1 is 0.867 bits per heavy atom. The molecule has 0 spiro atoms. The minimum absolute atomic E-state index is 0.423. The predicted molar refractivity (Wildman–Crippen MR) is 115 cm³/mol. The molecule has 0 atom stereocenters. The van der Waals surface area contributed by atoms with Crippen LogP contribution in [0.4, 0.5) is 17.3 Å². The van der Waals surface area contributed by atoms with Crippen molar-refractivity contribution in [1.29, 1.82) is 0 Å². The van der Waals surface area contributed by atoms with Crippen LogP contribution in [0.25, 0.3) is 16.9 Å². The van der Waals surface area contributed by atoms with Gasteiger partial charge in [-0.2, -0.15) is 4.98 Å². The van der Waals surface area contributed by atoms with E-state index in [1.165, 1.54) is 0 Å². The Bertz CT molecular complexity index is 1320. The van der Waals surface area contributed by atoms with Crippen molar-refractivity contribution < 1.29 is 4.74 Å². The average molecular weight is 395 g/mol. The zero-order chi connectivity index (χ0) is 20.3. The molecule has 0 aliphatic carbocycles. The second-order valence-electron chi connectivity index (χ2n) is 6.53. The Hall–Kier alpha value is -4.46. The number of nitrogens with zero attached hydrogens (tertiary/aromatic N) is 5. The summed E-state index contributed by atoms with van der Waals surface area (Å²) in [5.74, 6) is 2.14. The van der Waals surface area contributed by atoms with Crippen molar-refractivity contribution in [2.24, 2.45) is 0 Å². The molecule has 8 nitrogen and oxygen atoms in total. The van der Waals surface area contributed by atoms with E-state index in [9.17, 15) is 0 Å². The van der Waals surface area contributed by atoms with Crippen molar-refractivity contribution in [2.75, 3.05) is 11.1 Å². The molecule has 0 fully saturated rings. The third kappa shape index (κ3) is 3.61. The Kier molecular flexibility index (Phi) is 4.41. The fraction of sp³-hybridized carbons (Fsp3) is 0. The molecule has 0 saturated carbocycles. The SMILES string of the molecule is Nc1cccc(Nc2nccc(Oc3ccc4c(ccn4-c4ncccn4)c3)n2)c1. The fourth-order valence-electron chi connectivity index (χ4n) is 3.10. The molecule has 3 aromatic heterocycles. The number of benzene rings is 2. The van der Waals surface area contributed by atoms with Crippen molar-refractivity contribution in [3.8, 4) is 17.6 Å². The molecule has 3 heterocycles. The van der Waals surface area contributed by atoms with E-state index in [0.717, 1.165) is 16.6 Å². The highest BCUT2D eigenvalue weighted by molar-refractivity contribution is 5.83. The van der Waals surface area contributed by atoms with Crippen LogP contribution < -0.4 is 15.8 Å². The second-order valence-corrected chi connectivity index (χ2v) is 6.53. The topological polar surface area (TPSA) is 104 Å². The number of nitrogen functional groups attached to an aromatic ring is 1. The first-order chi connectivity index (χ1) is 14.7. The van der Waals surface area contributed by atoms with Crippen LogP contribution in [0.2, 0.25) is 0 Å². The van der Waals surface area contributed by atoms with Crippen LogP contribution in [-0.4, -0.2) is 24.5 Å². The molecule has 0 radical (unpaired) electrons. The van der Waals surface area contributed by atoms with Gasteiger partial charge in [-0.1, -0.05) is 6.07 Å². The van der Waals surface area contributed by atoms with Crippen molar-refractivity contribution >= 4 is 28.2 Å². The maximum Gasteiger partial charge on any atom is 0.234 e. The first-order valence-corrected chi connectivity index (χ1v) is 9.27. The molecule has 0 aliphatic heterocycles. The zero-order valence-corrected chi connectivity index (χ0v) is 15.8.